The van der Waals surface area contributed by atoms with E-state index in [2.05, 4.69) is 4.57 Å². The summed E-state index contributed by atoms with van der Waals surface area (Å²) in [6, 6.07) is 4.19. The van der Waals surface area contributed by atoms with Gasteiger partial charge in [0.1, 0.15) is 5.69 Å². The number of hydrogen-bond donors (Lipinski definition) is 1. The molecule has 0 aromatic carbocycles. The van der Waals surface area contributed by atoms with Crippen LogP contribution in [-0.2, 0) is 4.79 Å². The van der Waals surface area contributed by atoms with E-state index in [4.69, 9.17) is 0 Å². The molecule has 1 aliphatic heterocycles. The van der Waals surface area contributed by atoms with Gasteiger partial charge in [-0.25, -0.2) is 0 Å². The van der Waals surface area contributed by atoms with E-state index >= 15 is 0 Å². The zero-order valence-electron chi connectivity index (χ0n) is 11.7. The Morgan fingerprint density at radius 3 is 2.70 bits per heavy atom. The molecule has 1 saturated carbocycles. The highest BCUT2D eigenvalue weighted by atomic mass is 16.4. The fourth-order valence-electron chi connectivity index (χ4n) is 3.03. The van der Waals surface area contributed by atoms with Crippen molar-refractivity contribution >= 4 is 11.9 Å². The SMILES string of the molecule is CC1(C(=O)O)CCN(C(=O)c2cccn2C2CCC2)C1. The number of rotatable bonds is 3. The Morgan fingerprint density at radius 1 is 1.40 bits per heavy atom. The molecule has 108 valence electrons. The molecule has 2 heterocycles. The van der Waals surface area contributed by atoms with Crippen LogP contribution in [0.1, 0.15) is 49.1 Å². The maximum Gasteiger partial charge on any atom is 0.311 e. The average molecular weight is 276 g/mol. The van der Waals surface area contributed by atoms with Crippen LogP contribution >= 0.6 is 0 Å². The van der Waals surface area contributed by atoms with Crippen LogP contribution in [0.3, 0.4) is 0 Å². The van der Waals surface area contributed by atoms with Gasteiger partial charge in [-0.05, 0) is 44.7 Å². The van der Waals surface area contributed by atoms with Crippen molar-refractivity contribution in [3.63, 3.8) is 0 Å². The second-order valence-electron chi connectivity index (χ2n) is 6.23. The molecule has 3 rings (SSSR count). The molecule has 1 N–H and O–H groups in total. The Morgan fingerprint density at radius 2 is 2.15 bits per heavy atom. The van der Waals surface area contributed by atoms with Crippen molar-refractivity contribution in [3.8, 4) is 0 Å². The molecule has 0 spiro atoms. The number of aliphatic carboxylic acids is 1. The molecule has 2 fully saturated rings. The minimum Gasteiger partial charge on any atom is -0.481 e. The summed E-state index contributed by atoms with van der Waals surface area (Å²) < 4.78 is 2.06. The molecular formula is C15H20N2O3. The van der Waals surface area contributed by atoms with Gasteiger partial charge in [0.05, 0.1) is 5.41 Å². The molecule has 1 aliphatic carbocycles. The van der Waals surface area contributed by atoms with Crippen LogP contribution in [0.2, 0.25) is 0 Å². The fraction of sp³-hybridized carbons (Fsp3) is 0.600. The molecule has 1 unspecified atom stereocenters. The first kappa shape index (κ1) is 13.2. The second kappa shape index (κ2) is 4.65. The minimum absolute atomic E-state index is 0.0353. The van der Waals surface area contributed by atoms with Crippen LogP contribution < -0.4 is 0 Å². The largest absolute Gasteiger partial charge is 0.481 e. The van der Waals surface area contributed by atoms with E-state index in [9.17, 15) is 14.7 Å². The highest BCUT2D eigenvalue weighted by molar-refractivity contribution is 5.93. The smallest absolute Gasteiger partial charge is 0.311 e. The Hall–Kier alpha value is -1.78. The van der Waals surface area contributed by atoms with E-state index in [0.717, 1.165) is 12.8 Å². The summed E-state index contributed by atoms with van der Waals surface area (Å²) >= 11 is 0. The fourth-order valence-corrected chi connectivity index (χ4v) is 3.03. The first-order valence-electron chi connectivity index (χ1n) is 7.21. The van der Waals surface area contributed by atoms with Gasteiger partial charge in [0.2, 0.25) is 0 Å². The lowest BCUT2D eigenvalue weighted by molar-refractivity contribution is -0.147. The molecule has 0 radical (unpaired) electrons. The second-order valence-corrected chi connectivity index (χ2v) is 6.23. The van der Waals surface area contributed by atoms with Gasteiger partial charge in [-0.2, -0.15) is 0 Å². The van der Waals surface area contributed by atoms with Gasteiger partial charge in [0, 0.05) is 25.3 Å². The number of carbonyl (C=O) groups is 2. The van der Waals surface area contributed by atoms with Crippen LogP contribution in [0.15, 0.2) is 18.3 Å². The van der Waals surface area contributed by atoms with Gasteiger partial charge in [-0.3, -0.25) is 9.59 Å². The van der Waals surface area contributed by atoms with E-state index < -0.39 is 11.4 Å². The maximum absolute atomic E-state index is 12.6. The number of hydrogen-bond acceptors (Lipinski definition) is 2. The van der Waals surface area contributed by atoms with E-state index in [0.29, 0.717) is 31.2 Å². The summed E-state index contributed by atoms with van der Waals surface area (Å²) in [7, 11) is 0. The molecule has 5 heteroatoms. The molecule has 2 aliphatic rings. The molecule has 1 aromatic rings. The van der Waals surface area contributed by atoms with Crippen LogP contribution in [-0.4, -0.2) is 39.5 Å². The first-order valence-corrected chi connectivity index (χ1v) is 7.21. The van der Waals surface area contributed by atoms with Crippen molar-refractivity contribution < 1.29 is 14.7 Å². The van der Waals surface area contributed by atoms with Crippen molar-refractivity contribution in [1.29, 1.82) is 0 Å². The Labute approximate surface area is 118 Å². The number of likely N-dealkylation sites (tertiary alicyclic amines) is 1. The van der Waals surface area contributed by atoms with Gasteiger partial charge in [0.25, 0.3) is 5.91 Å². The molecule has 1 atom stereocenters. The summed E-state index contributed by atoms with van der Waals surface area (Å²) in [6.07, 6.45) is 5.96. The van der Waals surface area contributed by atoms with Crippen LogP contribution in [0.4, 0.5) is 0 Å². The summed E-state index contributed by atoms with van der Waals surface area (Å²) in [6.45, 7) is 2.54. The molecule has 1 amide bonds. The van der Waals surface area contributed by atoms with E-state index in [1.807, 2.05) is 18.3 Å². The third-order valence-electron chi connectivity index (χ3n) is 4.74. The van der Waals surface area contributed by atoms with Crippen LogP contribution in [0.5, 0.6) is 0 Å². The van der Waals surface area contributed by atoms with Gasteiger partial charge in [0.15, 0.2) is 0 Å². The zero-order valence-corrected chi connectivity index (χ0v) is 11.7. The Balaban J connectivity index is 1.77. The average Bonchev–Trinajstić information content (AvgIpc) is 2.94. The van der Waals surface area contributed by atoms with Gasteiger partial charge >= 0.3 is 5.97 Å². The van der Waals surface area contributed by atoms with Crippen molar-refractivity contribution in [2.75, 3.05) is 13.1 Å². The molecule has 5 nitrogen and oxygen atoms in total. The number of nitrogens with zero attached hydrogens (tertiary/aromatic N) is 2. The van der Waals surface area contributed by atoms with Gasteiger partial charge in [-0.1, -0.05) is 0 Å². The molecule has 0 bridgehead atoms. The highest BCUT2D eigenvalue weighted by Gasteiger charge is 2.42. The van der Waals surface area contributed by atoms with Crippen molar-refractivity contribution in [2.45, 2.75) is 38.6 Å². The van der Waals surface area contributed by atoms with Crippen molar-refractivity contribution in [3.05, 3.63) is 24.0 Å². The van der Waals surface area contributed by atoms with Crippen LogP contribution in [0.25, 0.3) is 0 Å². The summed E-state index contributed by atoms with van der Waals surface area (Å²) in [5, 5.41) is 9.25. The topological polar surface area (TPSA) is 62.5 Å². The number of carbonyl (C=O) groups excluding carboxylic acids is 1. The molecule has 1 saturated heterocycles. The zero-order chi connectivity index (χ0) is 14.3. The lowest BCUT2D eigenvalue weighted by Gasteiger charge is -2.30. The third kappa shape index (κ3) is 2.01. The molecule has 20 heavy (non-hydrogen) atoms. The maximum atomic E-state index is 12.6. The van der Waals surface area contributed by atoms with Crippen molar-refractivity contribution in [1.82, 2.24) is 9.47 Å². The van der Waals surface area contributed by atoms with E-state index in [1.54, 1.807) is 11.8 Å². The van der Waals surface area contributed by atoms with E-state index in [1.165, 1.54) is 6.42 Å². The highest BCUT2D eigenvalue weighted by Crippen LogP contribution is 2.34. The number of aromatic nitrogens is 1. The Bertz CT molecular complexity index is 547. The normalized spacial score (nSPS) is 26.6. The third-order valence-corrected chi connectivity index (χ3v) is 4.74. The van der Waals surface area contributed by atoms with Gasteiger partial charge in [-0.15, -0.1) is 0 Å². The predicted octanol–water partition coefficient (Wildman–Crippen LogP) is 2.15. The standard InChI is InChI=1S/C15H20N2O3/c1-15(14(19)20)7-9-16(10-15)13(18)12-6-3-8-17(12)11-4-2-5-11/h3,6,8,11H,2,4-5,7,9-10H2,1H3,(H,19,20). The first-order chi connectivity index (χ1) is 9.51. The summed E-state index contributed by atoms with van der Waals surface area (Å²) in [5.41, 5.74) is -0.104. The number of carboxylic acid groups (broad SMARTS) is 1. The monoisotopic (exact) mass is 276 g/mol. The molecular weight excluding hydrogens is 256 g/mol. The lowest BCUT2D eigenvalue weighted by Crippen LogP contribution is -2.36. The van der Waals surface area contributed by atoms with Gasteiger partial charge < -0.3 is 14.6 Å². The number of amides is 1. The van der Waals surface area contributed by atoms with E-state index in [-0.39, 0.29) is 5.91 Å². The number of carboxylic acids is 1. The van der Waals surface area contributed by atoms with Crippen molar-refractivity contribution in [2.24, 2.45) is 5.41 Å². The Kier molecular flexibility index (Phi) is 3.07. The predicted molar refractivity (Wildman–Crippen MR) is 73.6 cm³/mol. The summed E-state index contributed by atoms with van der Waals surface area (Å²) in [4.78, 5) is 25.5. The minimum atomic E-state index is -0.817. The quantitative estimate of drug-likeness (QED) is 0.920. The van der Waals surface area contributed by atoms with Crippen LogP contribution in [0, 0.1) is 5.41 Å². The summed E-state index contributed by atoms with van der Waals surface area (Å²) in [5.74, 6) is -0.853. The molecule has 1 aromatic heterocycles. The lowest BCUT2D eigenvalue weighted by atomic mass is 9.90.